The van der Waals surface area contributed by atoms with Gasteiger partial charge in [0.2, 0.25) is 0 Å². The van der Waals surface area contributed by atoms with Crippen molar-refractivity contribution < 1.29 is 9.47 Å². The topological polar surface area (TPSA) is 43.4 Å². The Hall–Kier alpha value is -1.59. The molecule has 0 bridgehead atoms. The number of ether oxygens (including phenoxy) is 2. The lowest BCUT2D eigenvalue weighted by atomic mass is 10.2. The zero-order chi connectivity index (χ0) is 14.5. The molecule has 5 heteroatoms. The van der Waals surface area contributed by atoms with Gasteiger partial charge in [-0.15, -0.1) is 11.3 Å². The number of nitrogens with one attached hydrogen (secondary N) is 1. The van der Waals surface area contributed by atoms with E-state index >= 15 is 0 Å². The number of methoxy groups -OCH3 is 1. The molecule has 0 amide bonds. The maximum Gasteiger partial charge on any atom is 0.140 e. The second-order valence-electron chi connectivity index (χ2n) is 4.54. The standard InChI is InChI=1S/C15H20N2O2S/c1-10-11(2)20-15(17-10)9-19-14-7-13(18-4)6-5-12(14)8-16-3/h5-7,16H,8-9H2,1-4H3. The highest BCUT2D eigenvalue weighted by Gasteiger charge is 2.08. The van der Waals surface area contributed by atoms with Gasteiger partial charge in [0.1, 0.15) is 23.1 Å². The summed E-state index contributed by atoms with van der Waals surface area (Å²) in [6.45, 7) is 5.35. The molecule has 0 unspecified atom stereocenters. The van der Waals surface area contributed by atoms with Gasteiger partial charge in [-0.2, -0.15) is 0 Å². The lowest BCUT2D eigenvalue weighted by Crippen LogP contribution is -2.07. The molecule has 0 saturated heterocycles. The molecule has 0 saturated carbocycles. The molecule has 1 heterocycles. The first-order valence-corrected chi connectivity index (χ1v) is 7.33. The van der Waals surface area contributed by atoms with Gasteiger partial charge in [-0.1, -0.05) is 6.07 Å². The van der Waals surface area contributed by atoms with Crippen molar-refractivity contribution in [1.82, 2.24) is 10.3 Å². The van der Waals surface area contributed by atoms with Crippen LogP contribution in [-0.4, -0.2) is 19.1 Å². The van der Waals surface area contributed by atoms with Gasteiger partial charge in [0.25, 0.3) is 0 Å². The monoisotopic (exact) mass is 292 g/mol. The van der Waals surface area contributed by atoms with Gasteiger partial charge in [-0.25, -0.2) is 4.98 Å². The highest BCUT2D eigenvalue weighted by molar-refractivity contribution is 7.11. The van der Waals surface area contributed by atoms with Gasteiger partial charge >= 0.3 is 0 Å². The Morgan fingerprint density at radius 3 is 2.70 bits per heavy atom. The Balaban J connectivity index is 2.14. The van der Waals surface area contributed by atoms with E-state index in [-0.39, 0.29) is 0 Å². The Kier molecular flexibility index (Phi) is 4.98. The molecule has 2 aromatic rings. The molecular weight excluding hydrogens is 272 g/mol. The molecule has 1 N–H and O–H groups in total. The van der Waals surface area contributed by atoms with E-state index in [4.69, 9.17) is 9.47 Å². The highest BCUT2D eigenvalue weighted by Crippen LogP contribution is 2.26. The number of thiazole rings is 1. The minimum absolute atomic E-state index is 0.489. The van der Waals surface area contributed by atoms with Crippen LogP contribution >= 0.6 is 11.3 Å². The van der Waals surface area contributed by atoms with Crippen LogP contribution in [0.2, 0.25) is 0 Å². The maximum absolute atomic E-state index is 5.91. The number of rotatable bonds is 6. The van der Waals surface area contributed by atoms with Crippen LogP contribution in [0, 0.1) is 13.8 Å². The molecule has 0 radical (unpaired) electrons. The third-order valence-electron chi connectivity index (χ3n) is 3.07. The summed E-state index contributed by atoms with van der Waals surface area (Å²) in [6.07, 6.45) is 0. The summed E-state index contributed by atoms with van der Waals surface area (Å²) in [7, 11) is 3.58. The molecule has 20 heavy (non-hydrogen) atoms. The van der Waals surface area contributed by atoms with Crippen LogP contribution in [0.4, 0.5) is 0 Å². The average molecular weight is 292 g/mol. The number of aromatic nitrogens is 1. The van der Waals surface area contributed by atoms with Crippen molar-refractivity contribution in [1.29, 1.82) is 0 Å². The Morgan fingerprint density at radius 1 is 1.30 bits per heavy atom. The van der Waals surface area contributed by atoms with Gasteiger partial charge < -0.3 is 14.8 Å². The fourth-order valence-corrected chi connectivity index (χ4v) is 2.72. The smallest absolute Gasteiger partial charge is 0.140 e. The fourth-order valence-electron chi connectivity index (χ4n) is 1.87. The lowest BCUT2D eigenvalue weighted by Gasteiger charge is -2.12. The minimum Gasteiger partial charge on any atom is -0.497 e. The summed E-state index contributed by atoms with van der Waals surface area (Å²) < 4.78 is 11.2. The van der Waals surface area contributed by atoms with Crippen molar-refractivity contribution in [2.24, 2.45) is 0 Å². The maximum atomic E-state index is 5.91. The number of nitrogens with zero attached hydrogens (tertiary/aromatic N) is 1. The molecule has 4 nitrogen and oxygen atoms in total. The third-order valence-corrected chi connectivity index (χ3v) is 4.11. The van der Waals surface area contributed by atoms with Crippen molar-refractivity contribution in [3.8, 4) is 11.5 Å². The van der Waals surface area contributed by atoms with Gasteiger partial charge in [0.15, 0.2) is 0 Å². The summed E-state index contributed by atoms with van der Waals surface area (Å²) in [5, 5.41) is 4.14. The largest absolute Gasteiger partial charge is 0.497 e. The van der Waals surface area contributed by atoms with Crippen LogP contribution in [0.5, 0.6) is 11.5 Å². The molecule has 2 rings (SSSR count). The van der Waals surface area contributed by atoms with E-state index < -0.39 is 0 Å². The van der Waals surface area contributed by atoms with Crippen LogP contribution in [0.25, 0.3) is 0 Å². The predicted molar refractivity (Wildman–Crippen MR) is 81.7 cm³/mol. The van der Waals surface area contributed by atoms with E-state index in [0.29, 0.717) is 6.61 Å². The van der Waals surface area contributed by atoms with Crippen molar-refractivity contribution in [2.75, 3.05) is 14.2 Å². The van der Waals surface area contributed by atoms with E-state index in [1.165, 1.54) is 4.88 Å². The molecule has 0 spiro atoms. The number of hydrogen-bond donors (Lipinski definition) is 1. The molecule has 0 aliphatic carbocycles. The van der Waals surface area contributed by atoms with Gasteiger partial charge in [-0.3, -0.25) is 0 Å². The van der Waals surface area contributed by atoms with Crippen LogP contribution in [-0.2, 0) is 13.2 Å². The fraction of sp³-hybridized carbons (Fsp3) is 0.400. The summed E-state index contributed by atoms with van der Waals surface area (Å²) in [5.74, 6) is 1.63. The van der Waals surface area contributed by atoms with Crippen molar-refractivity contribution in [2.45, 2.75) is 27.0 Å². The summed E-state index contributed by atoms with van der Waals surface area (Å²) >= 11 is 1.68. The van der Waals surface area contributed by atoms with E-state index in [1.54, 1.807) is 18.4 Å². The third kappa shape index (κ3) is 3.49. The molecule has 108 valence electrons. The second-order valence-corrected chi connectivity index (χ2v) is 5.83. The minimum atomic E-state index is 0.489. The van der Waals surface area contributed by atoms with Gasteiger partial charge in [0.05, 0.1) is 12.8 Å². The predicted octanol–water partition coefficient (Wildman–Crippen LogP) is 3.07. The first-order valence-electron chi connectivity index (χ1n) is 6.51. The molecule has 0 fully saturated rings. The Bertz CT molecular complexity index is 562. The summed E-state index contributed by atoms with van der Waals surface area (Å²) in [5.41, 5.74) is 2.19. The van der Waals surface area contributed by atoms with E-state index in [0.717, 1.165) is 34.3 Å². The van der Waals surface area contributed by atoms with Crippen LogP contribution in [0.1, 0.15) is 21.1 Å². The first kappa shape index (κ1) is 14.8. The normalized spacial score (nSPS) is 10.6. The van der Waals surface area contributed by atoms with E-state index in [1.807, 2.05) is 32.2 Å². The molecule has 0 atom stereocenters. The van der Waals surface area contributed by atoms with Crippen molar-refractivity contribution in [3.05, 3.63) is 39.3 Å². The zero-order valence-electron chi connectivity index (χ0n) is 12.3. The Morgan fingerprint density at radius 2 is 2.10 bits per heavy atom. The lowest BCUT2D eigenvalue weighted by molar-refractivity contribution is 0.299. The molecule has 1 aromatic carbocycles. The second kappa shape index (κ2) is 6.72. The Labute approximate surface area is 123 Å². The number of hydrogen-bond acceptors (Lipinski definition) is 5. The SMILES string of the molecule is CNCc1ccc(OC)cc1OCc1nc(C)c(C)s1. The molecular formula is C15H20N2O2S. The molecule has 0 aliphatic heterocycles. The van der Waals surface area contributed by atoms with Crippen LogP contribution < -0.4 is 14.8 Å². The number of benzene rings is 1. The first-order chi connectivity index (χ1) is 9.63. The zero-order valence-corrected chi connectivity index (χ0v) is 13.1. The summed E-state index contributed by atoms with van der Waals surface area (Å²) in [6, 6.07) is 5.88. The quantitative estimate of drug-likeness (QED) is 0.888. The van der Waals surface area contributed by atoms with Crippen LogP contribution in [0.3, 0.4) is 0 Å². The highest BCUT2D eigenvalue weighted by atomic mass is 32.1. The van der Waals surface area contributed by atoms with Gasteiger partial charge in [0, 0.05) is 23.1 Å². The van der Waals surface area contributed by atoms with E-state index in [2.05, 4.69) is 17.2 Å². The van der Waals surface area contributed by atoms with Crippen molar-refractivity contribution in [3.63, 3.8) is 0 Å². The van der Waals surface area contributed by atoms with Crippen LogP contribution in [0.15, 0.2) is 18.2 Å². The summed E-state index contributed by atoms with van der Waals surface area (Å²) in [4.78, 5) is 5.73. The average Bonchev–Trinajstić information content (AvgIpc) is 2.77. The number of aryl methyl sites for hydroxylation is 2. The van der Waals surface area contributed by atoms with E-state index in [9.17, 15) is 0 Å². The molecule has 0 aliphatic rings. The van der Waals surface area contributed by atoms with Gasteiger partial charge in [-0.05, 0) is 27.0 Å². The van der Waals surface area contributed by atoms with Crippen molar-refractivity contribution >= 4 is 11.3 Å². The molecule has 1 aromatic heterocycles.